The maximum Gasteiger partial charge on any atom is 0.255 e. The number of carbonyl (C=O) groups is 1. The van der Waals surface area contributed by atoms with E-state index >= 15 is 0 Å². The van der Waals surface area contributed by atoms with Gasteiger partial charge in [0.15, 0.2) is 0 Å². The van der Waals surface area contributed by atoms with E-state index in [1.165, 1.54) is 24.7 Å². The predicted molar refractivity (Wildman–Crippen MR) is 107 cm³/mol. The highest BCUT2D eigenvalue weighted by atomic mass is 32.2. The summed E-state index contributed by atoms with van der Waals surface area (Å²) < 4.78 is 31.3. The van der Waals surface area contributed by atoms with Gasteiger partial charge in [0, 0.05) is 17.3 Å². The van der Waals surface area contributed by atoms with Crippen LogP contribution in [0.2, 0.25) is 0 Å². The van der Waals surface area contributed by atoms with Crippen molar-refractivity contribution in [2.24, 2.45) is 0 Å². The van der Waals surface area contributed by atoms with Crippen molar-refractivity contribution in [2.45, 2.75) is 32.6 Å². The number of carbonyl (C=O) groups excluding carboxylic acids is 1. The van der Waals surface area contributed by atoms with Crippen molar-refractivity contribution in [3.63, 3.8) is 0 Å². The molecule has 0 radical (unpaired) electrons. The zero-order valence-electron chi connectivity index (χ0n) is 15.5. The molecule has 0 saturated heterocycles. The van der Waals surface area contributed by atoms with Gasteiger partial charge in [0.05, 0.1) is 18.6 Å². The summed E-state index contributed by atoms with van der Waals surface area (Å²) >= 11 is 0. The molecule has 0 heterocycles. The van der Waals surface area contributed by atoms with Gasteiger partial charge in [-0.2, -0.15) is 0 Å². The van der Waals surface area contributed by atoms with Crippen LogP contribution in [0.15, 0.2) is 36.4 Å². The lowest BCUT2D eigenvalue weighted by Gasteiger charge is -2.17. The minimum atomic E-state index is -3.41. The maximum atomic E-state index is 12.6. The minimum absolute atomic E-state index is 0.0348. The molecule has 1 aliphatic rings. The van der Waals surface area contributed by atoms with Gasteiger partial charge in [-0.05, 0) is 68.0 Å². The molecule has 0 unspecified atom stereocenters. The summed E-state index contributed by atoms with van der Waals surface area (Å²) in [5.74, 6) is 0.107. The van der Waals surface area contributed by atoms with Crippen molar-refractivity contribution >= 4 is 27.3 Å². The summed E-state index contributed by atoms with van der Waals surface area (Å²) in [6, 6.07) is 10.7. The summed E-state index contributed by atoms with van der Waals surface area (Å²) in [6.45, 7) is 1.56. The second-order valence-corrected chi connectivity index (χ2v) is 8.58. The number of amides is 1. The molecule has 1 amide bonds. The molecule has 0 bridgehead atoms. The molecule has 2 N–H and O–H groups in total. The van der Waals surface area contributed by atoms with Crippen LogP contribution >= 0.6 is 0 Å². The number of nitrogens with one attached hydrogen (secondary N) is 2. The van der Waals surface area contributed by atoms with Gasteiger partial charge in [0.2, 0.25) is 10.0 Å². The lowest BCUT2D eigenvalue weighted by atomic mass is 9.90. The van der Waals surface area contributed by atoms with E-state index in [1.54, 1.807) is 25.1 Å². The van der Waals surface area contributed by atoms with Gasteiger partial charge in [0.25, 0.3) is 5.91 Å². The number of sulfonamides is 1. The first kappa shape index (κ1) is 19.2. The van der Waals surface area contributed by atoms with Gasteiger partial charge in [-0.1, -0.05) is 6.07 Å². The molecular formula is C20H24N2O4S. The van der Waals surface area contributed by atoms with E-state index in [0.717, 1.165) is 19.3 Å². The van der Waals surface area contributed by atoms with Crippen LogP contribution in [0.3, 0.4) is 0 Å². The largest absolute Gasteiger partial charge is 0.494 e. The van der Waals surface area contributed by atoms with Crippen LogP contribution in [0, 0.1) is 0 Å². The van der Waals surface area contributed by atoms with Gasteiger partial charge in [-0.15, -0.1) is 0 Å². The third kappa shape index (κ3) is 4.60. The van der Waals surface area contributed by atoms with Crippen LogP contribution < -0.4 is 14.8 Å². The fourth-order valence-electron chi connectivity index (χ4n) is 3.17. The van der Waals surface area contributed by atoms with E-state index in [0.29, 0.717) is 22.7 Å². The average molecular weight is 388 g/mol. The number of fused-ring (bicyclic) bond motifs is 1. The first-order valence-electron chi connectivity index (χ1n) is 9.03. The minimum Gasteiger partial charge on any atom is -0.494 e. The topological polar surface area (TPSA) is 84.5 Å². The van der Waals surface area contributed by atoms with Crippen LogP contribution in [0.4, 0.5) is 11.4 Å². The lowest BCUT2D eigenvalue weighted by Crippen LogP contribution is -2.16. The molecular weight excluding hydrogens is 364 g/mol. The Morgan fingerprint density at radius 1 is 1.07 bits per heavy atom. The molecule has 6 nitrogen and oxygen atoms in total. The van der Waals surface area contributed by atoms with E-state index < -0.39 is 10.0 Å². The first-order chi connectivity index (χ1) is 12.9. The number of rotatable bonds is 6. The lowest BCUT2D eigenvalue weighted by molar-refractivity contribution is 0.102. The smallest absolute Gasteiger partial charge is 0.255 e. The summed E-state index contributed by atoms with van der Waals surface area (Å²) in [4.78, 5) is 12.6. The number of benzene rings is 2. The molecule has 7 heteroatoms. The van der Waals surface area contributed by atoms with Crippen molar-refractivity contribution in [1.82, 2.24) is 0 Å². The van der Waals surface area contributed by atoms with Crippen LogP contribution in [0.5, 0.6) is 5.75 Å². The molecule has 0 saturated carbocycles. The Bertz CT molecular complexity index is 954. The van der Waals surface area contributed by atoms with Crippen LogP contribution in [-0.2, 0) is 22.9 Å². The van der Waals surface area contributed by atoms with Gasteiger partial charge in [0.1, 0.15) is 5.75 Å². The number of aryl methyl sites for hydroxylation is 2. The van der Waals surface area contributed by atoms with E-state index in [-0.39, 0.29) is 11.7 Å². The van der Waals surface area contributed by atoms with Gasteiger partial charge >= 0.3 is 0 Å². The highest BCUT2D eigenvalue weighted by Crippen LogP contribution is 2.29. The fourth-order valence-corrected chi connectivity index (χ4v) is 3.82. The second-order valence-electron chi connectivity index (χ2n) is 6.57. The zero-order chi connectivity index (χ0) is 19.4. The third-order valence-electron chi connectivity index (χ3n) is 4.72. The molecule has 0 fully saturated rings. The molecule has 0 aliphatic heterocycles. The van der Waals surface area contributed by atoms with Gasteiger partial charge in [-0.3, -0.25) is 9.52 Å². The summed E-state index contributed by atoms with van der Waals surface area (Å²) in [7, 11) is -1.96. The van der Waals surface area contributed by atoms with Crippen LogP contribution in [-0.4, -0.2) is 27.2 Å². The number of hydrogen-bond donors (Lipinski definition) is 2. The Hall–Kier alpha value is -2.54. The molecule has 0 atom stereocenters. The normalized spacial score (nSPS) is 13.6. The number of hydrogen-bond acceptors (Lipinski definition) is 4. The Labute approximate surface area is 160 Å². The van der Waals surface area contributed by atoms with Crippen molar-refractivity contribution in [2.75, 3.05) is 22.9 Å². The van der Waals surface area contributed by atoms with Gasteiger partial charge < -0.3 is 10.1 Å². The monoisotopic (exact) mass is 388 g/mol. The van der Waals surface area contributed by atoms with Gasteiger partial charge in [-0.25, -0.2) is 8.42 Å². The Balaban J connectivity index is 1.78. The van der Waals surface area contributed by atoms with E-state index in [9.17, 15) is 13.2 Å². The highest BCUT2D eigenvalue weighted by molar-refractivity contribution is 7.92. The SMILES string of the molecule is CCS(=O)(=O)Nc1ccc(NC(=O)c2ccc3c(c2)CCCC3)cc1OC. The molecule has 2 aromatic carbocycles. The molecule has 27 heavy (non-hydrogen) atoms. The van der Waals surface area contributed by atoms with Crippen molar-refractivity contribution in [3.05, 3.63) is 53.1 Å². The molecule has 0 spiro atoms. The van der Waals surface area contributed by atoms with E-state index in [1.807, 2.05) is 18.2 Å². The van der Waals surface area contributed by atoms with E-state index in [4.69, 9.17) is 4.74 Å². The standard InChI is InChI=1S/C20H24N2O4S/c1-3-27(24,25)22-18-11-10-17(13-19(18)26-2)21-20(23)16-9-8-14-6-4-5-7-15(14)12-16/h8-13,22H,3-7H2,1-2H3,(H,21,23). The number of methoxy groups -OCH3 is 1. The Kier molecular flexibility index (Phi) is 5.70. The van der Waals surface area contributed by atoms with Crippen LogP contribution in [0.25, 0.3) is 0 Å². The molecule has 2 aromatic rings. The van der Waals surface area contributed by atoms with Crippen LogP contribution in [0.1, 0.15) is 41.3 Å². The Morgan fingerprint density at radius 2 is 1.81 bits per heavy atom. The highest BCUT2D eigenvalue weighted by Gasteiger charge is 2.15. The number of anilines is 2. The molecule has 1 aliphatic carbocycles. The van der Waals surface area contributed by atoms with Crippen molar-refractivity contribution in [3.8, 4) is 5.75 Å². The molecule has 3 rings (SSSR count). The maximum absolute atomic E-state index is 12.6. The second kappa shape index (κ2) is 8.00. The first-order valence-corrected chi connectivity index (χ1v) is 10.7. The molecule has 144 valence electrons. The Morgan fingerprint density at radius 3 is 2.52 bits per heavy atom. The molecule has 0 aromatic heterocycles. The van der Waals surface area contributed by atoms with Crippen molar-refractivity contribution < 1.29 is 17.9 Å². The average Bonchev–Trinajstić information content (AvgIpc) is 2.68. The fraction of sp³-hybridized carbons (Fsp3) is 0.350. The zero-order valence-corrected chi connectivity index (χ0v) is 16.4. The summed E-state index contributed by atoms with van der Waals surface area (Å²) in [5, 5.41) is 2.85. The predicted octanol–water partition coefficient (Wildman–Crippen LogP) is 3.59. The quantitative estimate of drug-likeness (QED) is 0.792. The van der Waals surface area contributed by atoms with E-state index in [2.05, 4.69) is 10.0 Å². The summed E-state index contributed by atoms with van der Waals surface area (Å²) in [6.07, 6.45) is 4.44. The van der Waals surface area contributed by atoms with Crippen molar-refractivity contribution in [1.29, 1.82) is 0 Å². The summed E-state index contributed by atoms with van der Waals surface area (Å²) in [5.41, 5.74) is 4.06. The number of ether oxygens (including phenoxy) is 1. The third-order valence-corrected chi connectivity index (χ3v) is 6.01.